The number of hydrogen-bond donors (Lipinski definition) is 2. The van der Waals surface area contributed by atoms with Gasteiger partial charge in [0.1, 0.15) is 12.1 Å². The Balaban J connectivity index is 1.26. The van der Waals surface area contributed by atoms with Crippen molar-refractivity contribution < 1.29 is 23.9 Å². The maximum absolute atomic E-state index is 14.6. The van der Waals surface area contributed by atoms with Gasteiger partial charge in [0.2, 0.25) is 17.5 Å². The van der Waals surface area contributed by atoms with E-state index in [1.807, 2.05) is 38.7 Å². The molecule has 230 valence electrons. The van der Waals surface area contributed by atoms with E-state index >= 15 is 0 Å². The molecule has 0 bridgehead atoms. The normalized spacial score (nSPS) is 33.7. The third kappa shape index (κ3) is 3.92. The largest absolute Gasteiger partial charge is 0.361 e. The van der Waals surface area contributed by atoms with Crippen LogP contribution in [0.15, 0.2) is 30.5 Å². The molecule has 10 nitrogen and oxygen atoms in total. The van der Waals surface area contributed by atoms with Gasteiger partial charge in [0.15, 0.2) is 0 Å². The molecule has 7 rings (SSSR count). The lowest BCUT2D eigenvalue weighted by atomic mass is 9.79. The van der Waals surface area contributed by atoms with E-state index in [2.05, 4.69) is 46.7 Å². The summed E-state index contributed by atoms with van der Waals surface area (Å²) >= 11 is 0. The van der Waals surface area contributed by atoms with E-state index in [0.717, 1.165) is 29.5 Å². The van der Waals surface area contributed by atoms with Crippen LogP contribution in [0.4, 0.5) is 0 Å². The van der Waals surface area contributed by atoms with E-state index in [1.165, 1.54) is 18.1 Å². The van der Waals surface area contributed by atoms with Crippen LogP contribution in [-0.2, 0) is 30.3 Å². The minimum Gasteiger partial charge on any atom is -0.361 e. The first-order valence-electron chi connectivity index (χ1n) is 15.7. The summed E-state index contributed by atoms with van der Waals surface area (Å²) in [6.45, 7) is 8.96. The molecule has 0 saturated carbocycles. The standard InChI is InChI=1S/C33H43N5O5/c1-18(2)13-26-30(40)37-12-8-11-27(37)33(42-6)38(26)31(41)32(43-33,19(3)4)35-29(39)21-14-23-22-9-7-10-24-28(22)20(16-34-24)15-25(23)36(5)17-21/h7,9-10,14,16,18-19,21,25-27,34H,8,11-13,15,17H2,1-6H3,(H,35,39)/t21-,25-,26+,27+,32-,33+/m1/s1. The number of fused-ring (bicyclic) bond motifs is 5. The van der Waals surface area contributed by atoms with Crippen LogP contribution in [0.25, 0.3) is 16.5 Å². The van der Waals surface area contributed by atoms with Crippen molar-refractivity contribution in [2.24, 2.45) is 17.8 Å². The highest BCUT2D eigenvalue weighted by Crippen LogP contribution is 2.50. The number of nitrogens with one attached hydrogen (secondary N) is 2. The molecular weight excluding hydrogens is 546 g/mol. The van der Waals surface area contributed by atoms with E-state index < -0.39 is 41.5 Å². The van der Waals surface area contributed by atoms with Gasteiger partial charge < -0.3 is 19.9 Å². The maximum atomic E-state index is 14.6. The van der Waals surface area contributed by atoms with Gasteiger partial charge in [0.25, 0.3) is 11.8 Å². The van der Waals surface area contributed by atoms with Gasteiger partial charge in [-0.25, -0.2) is 0 Å². The number of aromatic amines is 1. The second-order valence-corrected chi connectivity index (χ2v) is 13.8. The Kier molecular flexibility index (Phi) is 6.58. The Morgan fingerprint density at radius 2 is 2.02 bits per heavy atom. The second kappa shape index (κ2) is 9.90. The first-order chi connectivity index (χ1) is 20.5. The van der Waals surface area contributed by atoms with Crippen molar-refractivity contribution in [1.82, 2.24) is 25.0 Å². The van der Waals surface area contributed by atoms with E-state index in [9.17, 15) is 14.4 Å². The monoisotopic (exact) mass is 589 g/mol. The summed E-state index contributed by atoms with van der Waals surface area (Å²) in [6.07, 6.45) is 7.00. The minimum absolute atomic E-state index is 0.0630. The first-order valence-corrected chi connectivity index (χ1v) is 15.7. The fourth-order valence-electron chi connectivity index (χ4n) is 8.35. The zero-order valence-electron chi connectivity index (χ0n) is 26.0. The molecule has 5 heterocycles. The molecular formula is C33H43N5O5. The zero-order chi connectivity index (χ0) is 30.4. The average molecular weight is 590 g/mol. The summed E-state index contributed by atoms with van der Waals surface area (Å²) in [5, 5.41) is 4.33. The molecule has 4 aliphatic heterocycles. The van der Waals surface area contributed by atoms with Crippen LogP contribution in [0.3, 0.4) is 0 Å². The fraction of sp³-hybridized carbons (Fsp3) is 0.606. The lowest BCUT2D eigenvalue weighted by molar-refractivity contribution is -0.333. The number of carbonyl (C=O) groups excluding carboxylic acids is 3. The second-order valence-electron chi connectivity index (χ2n) is 13.8. The number of ether oxygens (including phenoxy) is 2. The molecule has 1 aromatic carbocycles. The topological polar surface area (TPSA) is 107 Å². The number of likely N-dealkylation sites (N-methyl/N-ethyl adjacent to an activating group) is 1. The molecule has 1 aromatic heterocycles. The average Bonchev–Trinajstić information content (AvgIpc) is 3.69. The van der Waals surface area contributed by atoms with Crippen molar-refractivity contribution in [3.8, 4) is 0 Å². The number of carbonyl (C=O) groups is 3. The minimum atomic E-state index is -1.67. The lowest BCUT2D eigenvalue weighted by Crippen LogP contribution is -2.72. The van der Waals surface area contributed by atoms with Crippen molar-refractivity contribution in [3.05, 3.63) is 41.6 Å². The summed E-state index contributed by atoms with van der Waals surface area (Å²) in [4.78, 5) is 51.7. The van der Waals surface area contributed by atoms with Crippen molar-refractivity contribution in [1.29, 1.82) is 0 Å². The van der Waals surface area contributed by atoms with Crippen LogP contribution in [0, 0.1) is 17.8 Å². The maximum Gasteiger partial charge on any atom is 0.281 e. The fourth-order valence-corrected chi connectivity index (χ4v) is 8.35. The summed E-state index contributed by atoms with van der Waals surface area (Å²) in [5.41, 5.74) is 3.00. The predicted octanol–water partition coefficient (Wildman–Crippen LogP) is 3.08. The Hall–Kier alpha value is -3.21. The number of hydrogen-bond acceptors (Lipinski definition) is 6. The molecule has 0 radical (unpaired) electrons. The van der Waals surface area contributed by atoms with Crippen LogP contribution < -0.4 is 5.32 Å². The molecule has 0 unspecified atom stereocenters. The number of methoxy groups -OCH3 is 1. The van der Waals surface area contributed by atoms with Gasteiger partial charge in [-0.05, 0) is 61.4 Å². The van der Waals surface area contributed by atoms with E-state index in [0.29, 0.717) is 25.9 Å². The van der Waals surface area contributed by atoms with Crippen molar-refractivity contribution in [3.63, 3.8) is 0 Å². The summed E-state index contributed by atoms with van der Waals surface area (Å²) in [6, 6.07) is 5.27. The van der Waals surface area contributed by atoms with Crippen molar-refractivity contribution >= 4 is 34.2 Å². The molecule has 3 fully saturated rings. The molecule has 3 amide bonds. The summed E-state index contributed by atoms with van der Waals surface area (Å²) < 4.78 is 12.9. The number of amides is 3. The van der Waals surface area contributed by atoms with E-state index in [1.54, 1.807) is 4.90 Å². The first kappa shape index (κ1) is 28.6. The Bertz CT molecular complexity index is 1530. The Morgan fingerprint density at radius 3 is 2.74 bits per heavy atom. The van der Waals surface area contributed by atoms with Gasteiger partial charge in [-0.3, -0.25) is 28.9 Å². The molecule has 10 heteroatoms. The molecule has 6 atom stereocenters. The van der Waals surface area contributed by atoms with Gasteiger partial charge in [-0.1, -0.05) is 45.9 Å². The molecule has 2 N–H and O–H groups in total. The van der Waals surface area contributed by atoms with Crippen molar-refractivity contribution in [2.45, 2.75) is 83.1 Å². The quantitative estimate of drug-likeness (QED) is 0.537. The van der Waals surface area contributed by atoms with Crippen molar-refractivity contribution in [2.75, 3.05) is 27.2 Å². The highest BCUT2D eigenvalue weighted by molar-refractivity contribution is 6.01. The van der Waals surface area contributed by atoms with Gasteiger partial charge in [-0.15, -0.1) is 0 Å². The summed E-state index contributed by atoms with van der Waals surface area (Å²) in [5.74, 6) is -2.95. The van der Waals surface area contributed by atoms with Crippen LogP contribution in [0.2, 0.25) is 0 Å². The highest BCUT2D eigenvalue weighted by atomic mass is 16.8. The molecule has 5 aliphatic rings. The van der Waals surface area contributed by atoms with Crippen LogP contribution in [0.1, 0.15) is 58.1 Å². The predicted molar refractivity (Wildman–Crippen MR) is 161 cm³/mol. The Morgan fingerprint density at radius 1 is 1.23 bits per heavy atom. The smallest absolute Gasteiger partial charge is 0.281 e. The van der Waals surface area contributed by atoms with Gasteiger partial charge in [0.05, 0.1) is 5.92 Å². The molecule has 3 saturated heterocycles. The van der Waals surface area contributed by atoms with E-state index in [4.69, 9.17) is 9.47 Å². The van der Waals surface area contributed by atoms with Crippen LogP contribution in [0.5, 0.6) is 0 Å². The van der Waals surface area contributed by atoms with Gasteiger partial charge in [0, 0.05) is 49.3 Å². The molecule has 2 aromatic rings. The number of aromatic nitrogens is 1. The number of rotatable bonds is 6. The highest BCUT2D eigenvalue weighted by Gasteiger charge is 2.72. The van der Waals surface area contributed by atoms with Crippen LogP contribution >= 0.6 is 0 Å². The number of nitrogens with zero attached hydrogens (tertiary/aromatic N) is 3. The van der Waals surface area contributed by atoms with Gasteiger partial charge in [-0.2, -0.15) is 0 Å². The zero-order valence-corrected chi connectivity index (χ0v) is 26.0. The summed E-state index contributed by atoms with van der Waals surface area (Å²) in [7, 11) is 3.60. The SMILES string of the molecule is CO[C@@]12O[C@](NC(=O)[C@@H]3C=C4c5cccc6[nH]cc(c56)C[C@H]4N(C)C3)(C(C)C)C(=O)N1[C@@H](CC(C)C)C(=O)N1CCC[C@H]12. The van der Waals surface area contributed by atoms with Gasteiger partial charge >= 0.3 is 0 Å². The number of piperazine rings is 1. The molecule has 1 aliphatic carbocycles. The van der Waals surface area contributed by atoms with E-state index in [-0.39, 0.29) is 23.8 Å². The third-order valence-electron chi connectivity index (χ3n) is 10.4. The van der Waals surface area contributed by atoms with Crippen LogP contribution in [-0.4, -0.2) is 94.4 Å². The number of H-pyrrole nitrogens is 1. The Labute approximate surface area is 252 Å². The lowest BCUT2D eigenvalue weighted by Gasteiger charge is -2.51. The molecule has 0 spiro atoms. The number of benzene rings is 1. The molecule has 43 heavy (non-hydrogen) atoms. The third-order valence-corrected chi connectivity index (χ3v) is 10.4.